The van der Waals surface area contributed by atoms with Gasteiger partial charge in [0.1, 0.15) is 11.2 Å². The Morgan fingerprint density at radius 2 is 1.97 bits per heavy atom. The van der Waals surface area contributed by atoms with Gasteiger partial charge in [0, 0.05) is 28.5 Å². The second-order valence-corrected chi connectivity index (χ2v) is 9.07. The zero-order chi connectivity index (χ0) is 23.1. The van der Waals surface area contributed by atoms with Crippen molar-refractivity contribution >= 4 is 46.3 Å². The monoisotopic (exact) mass is 498 g/mol. The van der Waals surface area contributed by atoms with Crippen molar-refractivity contribution in [1.82, 2.24) is 15.1 Å². The second kappa shape index (κ2) is 8.78. The van der Waals surface area contributed by atoms with Gasteiger partial charge in [-0.15, -0.1) is 0 Å². The summed E-state index contributed by atoms with van der Waals surface area (Å²) in [7, 11) is 0. The Balaban J connectivity index is 1.50. The van der Waals surface area contributed by atoms with E-state index >= 15 is 0 Å². The van der Waals surface area contributed by atoms with E-state index in [2.05, 4.69) is 15.1 Å². The Labute approximate surface area is 205 Å². The fourth-order valence-electron chi connectivity index (χ4n) is 3.97. The summed E-state index contributed by atoms with van der Waals surface area (Å²) in [5.41, 5.74) is 3.37. The van der Waals surface area contributed by atoms with Gasteiger partial charge in [-0.25, -0.2) is 0 Å². The normalized spacial score (nSPS) is 17.3. The molecule has 0 spiro atoms. The molecular weight excluding hydrogens is 483 g/mol. The topological polar surface area (TPSA) is 72.1 Å². The van der Waals surface area contributed by atoms with E-state index in [-0.39, 0.29) is 17.5 Å². The summed E-state index contributed by atoms with van der Waals surface area (Å²) in [6.45, 7) is 2.38. The van der Waals surface area contributed by atoms with E-state index in [1.807, 2.05) is 42.2 Å². The first-order valence-corrected chi connectivity index (χ1v) is 11.4. The molecule has 3 heterocycles. The number of hydrogen-bond donors (Lipinski definition) is 0. The smallest absolute Gasteiger partial charge is 0.295 e. The lowest BCUT2D eigenvalue weighted by molar-refractivity contribution is 0.0917. The maximum Gasteiger partial charge on any atom is 0.295 e. The molecule has 2 atom stereocenters. The van der Waals surface area contributed by atoms with E-state index in [1.165, 1.54) is 0 Å². The number of fused-ring (bicyclic) bond motifs is 1. The van der Waals surface area contributed by atoms with Gasteiger partial charge in [-0.1, -0.05) is 69.8 Å². The second-order valence-electron chi connectivity index (χ2n) is 7.78. The fourth-order valence-corrected chi connectivity index (χ4v) is 4.87. The largest absolute Gasteiger partial charge is 0.349 e. The van der Waals surface area contributed by atoms with Crippen LogP contribution in [0.25, 0.3) is 11.5 Å². The number of nitrogens with zero attached hydrogens (tertiary/aromatic N) is 4. The van der Waals surface area contributed by atoms with Crippen LogP contribution in [0, 0.1) is 6.92 Å². The SMILES string of the molecule is Cc1ccc2c(c1)C(C(=O)c1nc(-c3ccccn3)no1)C(Cl)N2Cc1ccc(Cl)cc1Cl. The Bertz CT molecular complexity index is 1340. The molecule has 6 nitrogen and oxygen atoms in total. The molecule has 2 unspecified atom stereocenters. The van der Waals surface area contributed by atoms with Gasteiger partial charge in [0.05, 0.1) is 5.92 Å². The third kappa shape index (κ3) is 4.10. The van der Waals surface area contributed by atoms with Gasteiger partial charge < -0.3 is 9.42 Å². The highest BCUT2D eigenvalue weighted by atomic mass is 35.5. The third-order valence-corrected chi connectivity index (χ3v) is 6.64. The van der Waals surface area contributed by atoms with E-state index < -0.39 is 11.4 Å². The summed E-state index contributed by atoms with van der Waals surface area (Å²) in [4.78, 5) is 24.0. The quantitative estimate of drug-likeness (QED) is 0.182. The first-order chi connectivity index (χ1) is 15.9. The Hall–Kier alpha value is -2.93. The highest BCUT2D eigenvalue weighted by Gasteiger charge is 2.44. The minimum atomic E-state index is -0.690. The van der Waals surface area contributed by atoms with Crippen LogP contribution in [0.2, 0.25) is 10.0 Å². The van der Waals surface area contributed by atoms with Crippen LogP contribution in [0.3, 0.4) is 0 Å². The number of aromatic nitrogens is 3. The van der Waals surface area contributed by atoms with Crippen LogP contribution >= 0.6 is 34.8 Å². The van der Waals surface area contributed by atoms with Crippen molar-refractivity contribution in [2.24, 2.45) is 0 Å². The predicted octanol–water partition coefficient (Wildman–Crippen LogP) is 6.30. The molecule has 5 rings (SSSR count). The summed E-state index contributed by atoms with van der Waals surface area (Å²) in [5, 5.41) is 5.01. The standard InChI is InChI=1S/C24H17Cl3N4O2/c1-13-5-8-19-16(10-13)20(22(27)31(19)12-14-6-7-15(25)11-17(14)26)21(32)24-29-23(30-33-24)18-4-2-3-9-28-18/h2-11,20,22H,12H2,1H3. The third-order valence-electron chi connectivity index (χ3n) is 5.57. The van der Waals surface area contributed by atoms with Crippen LogP contribution in [-0.2, 0) is 6.54 Å². The van der Waals surface area contributed by atoms with Crippen molar-refractivity contribution in [3.8, 4) is 11.5 Å². The van der Waals surface area contributed by atoms with E-state index in [4.69, 9.17) is 39.3 Å². The minimum absolute atomic E-state index is 0.106. The van der Waals surface area contributed by atoms with Crippen LogP contribution < -0.4 is 4.90 Å². The molecule has 2 aromatic heterocycles. The van der Waals surface area contributed by atoms with E-state index in [1.54, 1.807) is 30.5 Å². The Kier molecular flexibility index (Phi) is 5.83. The van der Waals surface area contributed by atoms with Crippen LogP contribution in [0.4, 0.5) is 5.69 Å². The molecule has 0 N–H and O–H groups in total. The number of Topliss-reactive ketones (excluding diaryl/α,β-unsaturated/α-hetero) is 1. The Morgan fingerprint density at radius 1 is 1.12 bits per heavy atom. The number of rotatable bonds is 5. The van der Waals surface area contributed by atoms with Crippen molar-refractivity contribution in [1.29, 1.82) is 0 Å². The molecule has 0 bridgehead atoms. The number of anilines is 1. The predicted molar refractivity (Wildman–Crippen MR) is 128 cm³/mol. The molecule has 0 aliphatic carbocycles. The van der Waals surface area contributed by atoms with E-state index in [9.17, 15) is 4.79 Å². The molecule has 0 radical (unpaired) electrons. The molecule has 0 saturated carbocycles. The van der Waals surface area contributed by atoms with Crippen molar-refractivity contribution in [2.45, 2.75) is 24.9 Å². The van der Waals surface area contributed by atoms with Gasteiger partial charge in [0.2, 0.25) is 11.6 Å². The van der Waals surface area contributed by atoms with Crippen molar-refractivity contribution in [3.63, 3.8) is 0 Å². The molecule has 1 aliphatic rings. The molecular formula is C24H17Cl3N4O2. The minimum Gasteiger partial charge on any atom is -0.349 e. The van der Waals surface area contributed by atoms with Gasteiger partial charge in [-0.2, -0.15) is 4.98 Å². The van der Waals surface area contributed by atoms with Crippen molar-refractivity contribution in [3.05, 3.63) is 93.4 Å². The van der Waals surface area contributed by atoms with E-state index in [0.29, 0.717) is 22.3 Å². The molecule has 0 fully saturated rings. The van der Waals surface area contributed by atoms with Crippen LogP contribution in [-0.4, -0.2) is 26.4 Å². The molecule has 166 valence electrons. The molecule has 33 heavy (non-hydrogen) atoms. The highest BCUT2D eigenvalue weighted by molar-refractivity contribution is 6.35. The number of carbonyl (C=O) groups excluding carboxylic acids is 1. The number of benzene rings is 2. The number of alkyl halides is 1. The zero-order valence-electron chi connectivity index (χ0n) is 17.4. The molecule has 0 amide bonds. The number of pyridine rings is 1. The van der Waals surface area contributed by atoms with Gasteiger partial charge in [0.15, 0.2) is 0 Å². The summed E-state index contributed by atoms with van der Waals surface area (Å²) in [5.74, 6) is -0.895. The first-order valence-electron chi connectivity index (χ1n) is 10.2. The average Bonchev–Trinajstić information content (AvgIpc) is 3.39. The van der Waals surface area contributed by atoms with Gasteiger partial charge >= 0.3 is 0 Å². The summed E-state index contributed by atoms with van der Waals surface area (Å²) in [6.07, 6.45) is 1.62. The average molecular weight is 500 g/mol. The van der Waals surface area contributed by atoms with Crippen LogP contribution in [0.5, 0.6) is 0 Å². The number of carbonyl (C=O) groups is 1. The summed E-state index contributed by atoms with van der Waals surface area (Å²) < 4.78 is 5.31. The molecule has 4 aromatic rings. The molecule has 1 aliphatic heterocycles. The Morgan fingerprint density at radius 3 is 2.73 bits per heavy atom. The number of ketones is 1. The number of aryl methyl sites for hydroxylation is 1. The maximum absolute atomic E-state index is 13.5. The van der Waals surface area contributed by atoms with Crippen LogP contribution in [0.15, 0.2) is 65.3 Å². The first kappa shape index (κ1) is 21.9. The van der Waals surface area contributed by atoms with Crippen molar-refractivity contribution < 1.29 is 9.32 Å². The number of halogens is 3. The maximum atomic E-state index is 13.5. The number of hydrogen-bond acceptors (Lipinski definition) is 6. The highest BCUT2D eigenvalue weighted by Crippen LogP contribution is 2.45. The van der Waals surface area contributed by atoms with Gasteiger partial charge in [-0.3, -0.25) is 9.78 Å². The van der Waals surface area contributed by atoms with Gasteiger partial charge in [-0.05, 0) is 48.4 Å². The lowest BCUT2D eigenvalue weighted by Gasteiger charge is -2.25. The lowest BCUT2D eigenvalue weighted by Crippen LogP contribution is -2.32. The molecule has 2 aromatic carbocycles. The fraction of sp³-hybridized carbons (Fsp3) is 0.167. The summed E-state index contributed by atoms with van der Waals surface area (Å²) >= 11 is 19.3. The zero-order valence-corrected chi connectivity index (χ0v) is 19.6. The van der Waals surface area contributed by atoms with Crippen molar-refractivity contribution in [2.75, 3.05) is 4.90 Å². The molecule has 9 heteroatoms. The lowest BCUT2D eigenvalue weighted by atomic mass is 9.95. The van der Waals surface area contributed by atoms with Gasteiger partial charge in [0.25, 0.3) is 5.89 Å². The van der Waals surface area contributed by atoms with E-state index in [0.717, 1.165) is 22.4 Å². The van der Waals surface area contributed by atoms with Crippen LogP contribution in [0.1, 0.15) is 33.3 Å². The summed E-state index contributed by atoms with van der Waals surface area (Å²) in [6, 6.07) is 16.6. The molecule has 0 saturated heterocycles.